The lowest BCUT2D eigenvalue weighted by Gasteiger charge is -2.30. The summed E-state index contributed by atoms with van der Waals surface area (Å²) in [6, 6.07) is -1.55. The molecular formula is C70H112N16O19. The number of carbonyl (C=O) groups excluding carboxylic acids is 13. The molecule has 586 valence electrons. The highest BCUT2D eigenvalue weighted by Crippen LogP contribution is 2.15. The van der Waals surface area contributed by atoms with Crippen LogP contribution in [0.4, 0.5) is 0 Å². The van der Waals surface area contributed by atoms with Crippen molar-refractivity contribution in [2.75, 3.05) is 39.4 Å². The standard InChI is InChI=1S/C70H112N16O19/c1-9-11-12-13-20-25-53(89)84-56(39(3)4)67(101)80-46(28-31-71)59(93)74-36-54(90)76-51(37-87)65(99)82-50(35-44-23-18-15-19-24-44)64(98)83-52(38-88)66(100)79-47(29-32-72)60(94)78-48(30-33-73)61(95)81-49(34-43-21-16-14-17-22-43)63(97)77-45(26-27-55(91)92)62(96)85-57(40(5)6)68(102)86-58(41(7)10-2)69(103)75-42(8)70(104)105/h14-19,21-24,39-42,45-52,56-58,87-88H,9-13,20,25-38,71-73H2,1-8H3,(H,74,93)(H,75,103)(H,76,90)(H,77,97)(H,78,94)(H,79,100)(H,80,101)(H,81,95)(H,82,99)(H,83,98)(H,84,89)(H,85,96)(H,86,102)(H,91,92)(H,104,105)/t41-,42-,45-,46+,47-,48+,49-,50+,51+,52-,56+,57-,58+/m0/s1. The zero-order valence-corrected chi connectivity index (χ0v) is 61.2. The molecule has 105 heavy (non-hydrogen) atoms. The molecule has 0 heterocycles. The zero-order chi connectivity index (χ0) is 78.9. The molecule has 0 bridgehead atoms. The minimum atomic E-state index is -1.85. The van der Waals surface area contributed by atoms with Crippen molar-refractivity contribution >= 4 is 88.7 Å². The predicted molar refractivity (Wildman–Crippen MR) is 384 cm³/mol. The van der Waals surface area contributed by atoms with Gasteiger partial charge in [-0.25, -0.2) is 0 Å². The maximum absolute atomic E-state index is 14.5. The molecule has 2 aromatic rings. The number of unbranched alkanes of at least 4 members (excludes halogenated alkanes) is 4. The van der Waals surface area contributed by atoms with E-state index in [0.717, 1.165) is 25.7 Å². The van der Waals surface area contributed by atoms with Crippen LogP contribution in [0, 0.1) is 17.8 Å². The molecule has 0 aliphatic rings. The van der Waals surface area contributed by atoms with Crippen molar-refractivity contribution < 1.29 is 92.3 Å². The fourth-order valence-electron chi connectivity index (χ4n) is 10.5. The van der Waals surface area contributed by atoms with E-state index in [2.05, 4.69) is 76.0 Å². The Kier molecular flexibility index (Phi) is 42.7. The summed E-state index contributed by atoms with van der Waals surface area (Å²) in [5, 5.41) is 72.1. The Labute approximate surface area is 611 Å². The van der Waals surface area contributed by atoms with Gasteiger partial charge in [-0.05, 0) is 87.5 Å². The molecule has 0 saturated heterocycles. The summed E-state index contributed by atoms with van der Waals surface area (Å²) >= 11 is 0. The van der Waals surface area contributed by atoms with E-state index in [9.17, 15) is 92.3 Å². The number of benzene rings is 2. The summed E-state index contributed by atoms with van der Waals surface area (Å²) in [6.07, 6.45) is 2.69. The molecule has 0 aliphatic heterocycles. The van der Waals surface area contributed by atoms with Crippen LogP contribution in [-0.2, 0) is 84.8 Å². The molecule has 0 aromatic heterocycles. The summed E-state index contributed by atoms with van der Waals surface area (Å²) in [5.74, 6) is -16.3. The number of nitrogens with one attached hydrogen (secondary N) is 13. The van der Waals surface area contributed by atoms with Crippen molar-refractivity contribution in [3.63, 3.8) is 0 Å². The SMILES string of the molecule is CCCCCCCC(=O)N[C@@H](C(=O)N[C@H](CCN)C(=O)NCC(=O)N[C@H](CO)C(=O)N[C@H](Cc1ccccc1)C(=O)N[C@@H](CO)C(=O)N[C@@H](CCN)C(=O)N[C@H](CCN)C(=O)N[C@@H](Cc1ccccc1)C(=O)N[C@@H](CCC(=O)O)C(=O)N[C@H](C(=O)N[C@@H](C(=O)N[C@@H](C)C(=O)O)[C@@H](C)CC)C(C)C)C(C)C. The van der Waals surface area contributed by atoms with Gasteiger partial charge >= 0.3 is 11.9 Å². The largest absolute Gasteiger partial charge is 0.481 e. The first kappa shape index (κ1) is 91.4. The molecule has 0 spiro atoms. The molecule has 13 atom stereocenters. The Bertz CT molecular complexity index is 3170. The van der Waals surface area contributed by atoms with Gasteiger partial charge in [-0.2, -0.15) is 0 Å². The van der Waals surface area contributed by atoms with E-state index >= 15 is 0 Å². The van der Waals surface area contributed by atoms with Crippen LogP contribution >= 0.6 is 0 Å². The summed E-state index contributed by atoms with van der Waals surface area (Å²) in [7, 11) is 0. The Morgan fingerprint density at radius 1 is 0.371 bits per heavy atom. The van der Waals surface area contributed by atoms with Gasteiger partial charge in [0.15, 0.2) is 0 Å². The number of carbonyl (C=O) groups is 15. The van der Waals surface area contributed by atoms with Gasteiger partial charge in [0.2, 0.25) is 76.8 Å². The number of carboxylic acid groups (broad SMARTS) is 2. The molecule has 0 radical (unpaired) electrons. The third kappa shape index (κ3) is 33.7. The van der Waals surface area contributed by atoms with Gasteiger partial charge in [0.05, 0.1) is 19.8 Å². The Morgan fingerprint density at radius 3 is 1.16 bits per heavy atom. The summed E-state index contributed by atoms with van der Waals surface area (Å²) in [5.41, 5.74) is 18.5. The van der Waals surface area contributed by atoms with E-state index < -0.39 is 200 Å². The molecule has 2 rings (SSSR count). The Morgan fingerprint density at radius 2 is 0.733 bits per heavy atom. The van der Waals surface area contributed by atoms with Gasteiger partial charge in [0, 0.05) is 25.7 Å². The van der Waals surface area contributed by atoms with Crippen LogP contribution in [0.5, 0.6) is 0 Å². The molecule has 35 nitrogen and oxygen atoms in total. The lowest BCUT2D eigenvalue weighted by Crippen LogP contribution is -2.62. The summed E-state index contributed by atoms with van der Waals surface area (Å²) in [4.78, 5) is 203. The van der Waals surface area contributed by atoms with Crippen molar-refractivity contribution in [2.45, 2.75) is 218 Å². The van der Waals surface area contributed by atoms with Crippen LogP contribution in [0.25, 0.3) is 0 Å². The van der Waals surface area contributed by atoms with Gasteiger partial charge in [-0.3, -0.25) is 71.9 Å². The monoisotopic (exact) mass is 1480 g/mol. The number of hydrogen-bond donors (Lipinski definition) is 20. The topological polar surface area (TPSA) is 571 Å². The average Bonchev–Trinajstić information content (AvgIpc) is 0.854. The van der Waals surface area contributed by atoms with E-state index in [1.54, 1.807) is 102 Å². The fraction of sp³-hybridized carbons (Fsp3) is 0.614. The van der Waals surface area contributed by atoms with Crippen LogP contribution in [0.15, 0.2) is 60.7 Å². The average molecular weight is 1480 g/mol. The maximum Gasteiger partial charge on any atom is 0.325 e. The fourth-order valence-corrected chi connectivity index (χ4v) is 10.5. The van der Waals surface area contributed by atoms with Crippen LogP contribution < -0.4 is 86.3 Å². The second-order valence-corrected chi connectivity index (χ2v) is 26.3. The molecule has 0 saturated carbocycles. The molecule has 0 unspecified atom stereocenters. The van der Waals surface area contributed by atoms with Gasteiger partial charge < -0.3 is 107 Å². The highest BCUT2D eigenvalue weighted by atomic mass is 16.4. The van der Waals surface area contributed by atoms with E-state index in [1.807, 2.05) is 0 Å². The minimum Gasteiger partial charge on any atom is -0.481 e. The minimum absolute atomic E-state index is 0.0672. The van der Waals surface area contributed by atoms with E-state index in [4.69, 9.17) is 17.2 Å². The number of rotatable bonds is 51. The van der Waals surface area contributed by atoms with Crippen molar-refractivity contribution in [1.82, 2.24) is 69.1 Å². The number of nitrogens with two attached hydrogens (primary N) is 3. The quantitative estimate of drug-likeness (QED) is 0.0282. The van der Waals surface area contributed by atoms with Crippen LogP contribution in [0.2, 0.25) is 0 Å². The van der Waals surface area contributed by atoms with Crippen molar-refractivity contribution in [2.24, 2.45) is 35.0 Å². The zero-order valence-electron chi connectivity index (χ0n) is 61.2. The molecule has 35 heteroatoms. The highest BCUT2D eigenvalue weighted by Gasteiger charge is 2.38. The third-order valence-electron chi connectivity index (χ3n) is 17.0. The molecular weight excluding hydrogens is 1370 g/mol. The van der Waals surface area contributed by atoms with Gasteiger partial charge in [0.25, 0.3) is 0 Å². The van der Waals surface area contributed by atoms with E-state index in [0.29, 0.717) is 24.0 Å². The van der Waals surface area contributed by atoms with E-state index in [1.165, 1.54) is 6.92 Å². The second-order valence-electron chi connectivity index (χ2n) is 26.3. The van der Waals surface area contributed by atoms with Gasteiger partial charge in [-0.15, -0.1) is 0 Å². The maximum atomic E-state index is 14.5. The van der Waals surface area contributed by atoms with E-state index in [-0.39, 0.29) is 70.0 Å². The lowest BCUT2D eigenvalue weighted by atomic mass is 9.96. The summed E-state index contributed by atoms with van der Waals surface area (Å²) in [6.45, 7) is 9.74. The first-order valence-electron chi connectivity index (χ1n) is 35.5. The van der Waals surface area contributed by atoms with Crippen molar-refractivity contribution in [3.8, 4) is 0 Å². The van der Waals surface area contributed by atoms with Crippen LogP contribution in [0.1, 0.15) is 144 Å². The molecule has 2 aromatic carbocycles. The smallest absolute Gasteiger partial charge is 0.325 e. The van der Waals surface area contributed by atoms with Crippen LogP contribution in [0.3, 0.4) is 0 Å². The van der Waals surface area contributed by atoms with Gasteiger partial charge in [0.1, 0.15) is 72.5 Å². The first-order chi connectivity index (χ1) is 49.8. The highest BCUT2D eigenvalue weighted by molar-refractivity contribution is 6.00. The first-order valence-corrected chi connectivity index (χ1v) is 35.5. The van der Waals surface area contributed by atoms with Crippen LogP contribution in [-0.4, -0.2) is 221 Å². The number of carboxylic acids is 2. The number of aliphatic carboxylic acids is 2. The number of amides is 13. The van der Waals surface area contributed by atoms with Crippen molar-refractivity contribution in [1.29, 1.82) is 0 Å². The Hall–Kier alpha value is -9.71. The second kappa shape index (κ2) is 49.1. The Balaban J connectivity index is 2.35. The molecule has 13 amide bonds. The molecule has 23 N–H and O–H groups in total. The van der Waals surface area contributed by atoms with Crippen molar-refractivity contribution in [3.05, 3.63) is 71.8 Å². The molecule has 0 fully saturated rings. The molecule has 0 aliphatic carbocycles. The number of aliphatic hydroxyl groups excluding tert-OH is 2. The number of hydrogen-bond acceptors (Lipinski definition) is 20. The number of aliphatic hydroxyl groups is 2. The predicted octanol–water partition coefficient (Wildman–Crippen LogP) is -3.88. The summed E-state index contributed by atoms with van der Waals surface area (Å²) < 4.78 is 0. The van der Waals surface area contributed by atoms with Gasteiger partial charge in [-0.1, -0.05) is 141 Å². The third-order valence-corrected chi connectivity index (χ3v) is 17.0. The normalized spacial score (nSPS) is 14.8. The lowest BCUT2D eigenvalue weighted by molar-refractivity contribution is -0.142.